The average molecular weight is 1030 g/mol. The topological polar surface area (TPSA) is 14.7 Å². The van der Waals surface area contributed by atoms with Crippen LogP contribution in [0, 0.1) is 0 Å². The number of para-hydroxylation sites is 3. The third-order valence-corrected chi connectivity index (χ3v) is 13.7. The molecule has 0 aliphatic carbocycles. The molecule has 0 atom stereocenters. The van der Waals surface area contributed by atoms with Gasteiger partial charge in [-0.3, -0.25) is 0 Å². The Morgan fingerprint density at radius 1 is 0.377 bits per heavy atom. The highest BCUT2D eigenvalue weighted by molar-refractivity contribution is 7.00. The summed E-state index contributed by atoms with van der Waals surface area (Å²) in [5.74, 6) is 0. The molecule has 0 spiro atoms. The van der Waals surface area contributed by atoms with Crippen LogP contribution >= 0.6 is 0 Å². The van der Waals surface area contributed by atoms with E-state index < -0.39 is 352 Å². The van der Waals surface area contributed by atoms with Crippen molar-refractivity contribution in [1.82, 2.24) is 4.57 Å². The SMILES string of the molecule is [2H]c1c([2H])c([2H])c(-c2c([2H])c([2H])c(-c3c([2H])c([2H])c(N4c5c([2H])c(N(c6c([2H])c([2H])c(C(C)(C)C)c([2H])c6[2H])c6c([2H])c([2H])c(C(C)(C)C)c([2H])c6[2H])c([2H])c([2H])c5B5c6c4c([2H])c(C(C)(C)C)c([2H])c6N4c6c5c([2H])c([2H])c([2H])c6-n5c6c([2H])c([2H])c([2H])c([2H])c6c6c([2H])c([2H])c([2H])c4c65)c([2H])c3[2H])c([2H])c2[2H])c([2H])c1[2H]. The van der Waals surface area contributed by atoms with E-state index in [1.54, 1.807) is 41.5 Å². The van der Waals surface area contributed by atoms with Crippen LogP contribution in [0.25, 0.3) is 49.7 Å². The molecular formula is C72H63BN4. The molecule has 4 nitrogen and oxygen atoms in total. The van der Waals surface area contributed by atoms with Crippen molar-refractivity contribution in [3.63, 3.8) is 0 Å². The molecule has 0 amide bonds. The number of hydrogen-bond acceptors (Lipinski definition) is 3. The lowest BCUT2D eigenvalue weighted by molar-refractivity contribution is 0.590. The first-order valence-electron chi connectivity index (χ1n) is 42.5. The Morgan fingerprint density at radius 2 is 0.883 bits per heavy atom. The van der Waals surface area contributed by atoms with E-state index >= 15 is 0 Å². The van der Waals surface area contributed by atoms with Gasteiger partial charge >= 0.3 is 0 Å². The van der Waals surface area contributed by atoms with Gasteiger partial charge in [0.2, 0.25) is 0 Å². The Bertz CT molecular complexity index is 6140. The van der Waals surface area contributed by atoms with Gasteiger partial charge in [0.05, 0.1) is 77.4 Å². The van der Waals surface area contributed by atoms with Gasteiger partial charge in [-0.15, -0.1) is 0 Å². The van der Waals surface area contributed by atoms with E-state index in [4.69, 9.17) is 9.60 Å². The predicted octanol–water partition coefficient (Wildman–Crippen LogP) is 17.9. The van der Waals surface area contributed by atoms with Crippen LogP contribution in [0.2, 0.25) is 0 Å². The van der Waals surface area contributed by atoms with E-state index in [1.165, 1.54) is 20.8 Å². The molecule has 374 valence electrons. The van der Waals surface area contributed by atoms with E-state index in [1.807, 2.05) is 0 Å². The molecule has 0 saturated carbocycles. The van der Waals surface area contributed by atoms with Crippen molar-refractivity contribution < 1.29 is 49.3 Å². The van der Waals surface area contributed by atoms with Crippen molar-refractivity contribution in [2.75, 3.05) is 14.7 Å². The minimum atomic E-state index is -2.15. The molecule has 3 aliphatic heterocycles. The molecule has 0 radical (unpaired) electrons. The van der Waals surface area contributed by atoms with Crippen LogP contribution in [0.5, 0.6) is 0 Å². The second-order valence-electron chi connectivity index (χ2n) is 21.8. The lowest BCUT2D eigenvalue weighted by atomic mass is 9.33. The number of rotatable bonds is 6. The van der Waals surface area contributed by atoms with Gasteiger partial charge < -0.3 is 19.3 Å². The predicted molar refractivity (Wildman–Crippen MR) is 330 cm³/mol. The molecule has 10 aromatic carbocycles. The maximum absolute atomic E-state index is 11.2. The van der Waals surface area contributed by atoms with Gasteiger partial charge in [-0.25, -0.2) is 0 Å². The normalized spacial score (nSPS) is 20.0. The summed E-state index contributed by atoms with van der Waals surface area (Å²) in [6, 6.07) is -34.5. The van der Waals surface area contributed by atoms with Gasteiger partial charge in [0.25, 0.3) is 6.71 Å². The van der Waals surface area contributed by atoms with Gasteiger partial charge in [-0.2, -0.15) is 0 Å². The van der Waals surface area contributed by atoms with Gasteiger partial charge in [-0.1, -0.05) is 201 Å². The molecule has 5 heteroatoms. The Kier molecular flexibility index (Phi) is 4.98. The molecule has 0 N–H and O–H groups in total. The first kappa shape index (κ1) is 22.6. The Morgan fingerprint density at radius 3 is 1.49 bits per heavy atom. The maximum atomic E-state index is 11.2. The van der Waals surface area contributed by atoms with Crippen LogP contribution in [-0.4, -0.2) is 11.3 Å². The maximum Gasteiger partial charge on any atom is 0.252 e. The molecule has 11 aromatic rings. The summed E-state index contributed by atoms with van der Waals surface area (Å²) in [6.07, 6.45) is 0. The summed E-state index contributed by atoms with van der Waals surface area (Å²) >= 11 is 0. The molecule has 4 heterocycles. The zero-order valence-electron chi connectivity index (χ0n) is 78.9. The van der Waals surface area contributed by atoms with Gasteiger partial charge in [0, 0.05) is 50.6 Å². The second-order valence-corrected chi connectivity index (χ2v) is 21.8. The van der Waals surface area contributed by atoms with Crippen molar-refractivity contribution in [3.05, 3.63) is 234 Å². The highest BCUT2D eigenvalue weighted by Gasteiger charge is 2.47. The quantitative estimate of drug-likeness (QED) is 0.154. The van der Waals surface area contributed by atoms with Gasteiger partial charge in [0.1, 0.15) is 0 Å². The van der Waals surface area contributed by atoms with E-state index in [9.17, 15) is 39.8 Å². The molecule has 14 rings (SSSR count). The summed E-state index contributed by atoms with van der Waals surface area (Å²) in [4.78, 5) is 2.40. The molecule has 77 heavy (non-hydrogen) atoms. The summed E-state index contributed by atoms with van der Waals surface area (Å²) in [6.45, 7) is 11.9. The molecule has 0 saturated heterocycles. The number of hydrogen-bond donors (Lipinski definition) is 0. The lowest BCUT2D eigenvalue weighted by Crippen LogP contribution is -2.62. The van der Waals surface area contributed by atoms with Crippen molar-refractivity contribution in [2.24, 2.45) is 0 Å². The third-order valence-electron chi connectivity index (χ3n) is 13.7. The number of aromatic nitrogens is 1. The minimum absolute atomic E-state index is 0.195. The van der Waals surface area contributed by atoms with Crippen LogP contribution in [-0.2, 0) is 16.2 Å². The van der Waals surface area contributed by atoms with Crippen LogP contribution in [0.4, 0.5) is 51.2 Å². The van der Waals surface area contributed by atoms with Gasteiger partial charge in [0.15, 0.2) is 0 Å². The molecule has 3 aliphatic rings. The van der Waals surface area contributed by atoms with Gasteiger partial charge in [-0.05, 0) is 150 Å². The summed E-state index contributed by atoms with van der Waals surface area (Å²) in [7, 11) is 0. The molecule has 0 fully saturated rings. The largest absolute Gasteiger partial charge is 0.311 e. The Labute approximate surface area is 505 Å². The summed E-state index contributed by atoms with van der Waals surface area (Å²) in [5.41, 5.74) is -18.6. The van der Waals surface area contributed by atoms with Crippen molar-refractivity contribution >= 4 is 96.1 Å². The fourth-order valence-corrected chi connectivity index (χ4v) is 9.86. The van der Waals surface area contributed by atoms with Crippen LogP contribution in [0.3, 0.4) is 0 Å². The van der Waals surface area contributed by atoms with E-state index in [2.05, 4.69) is 0 Å². The highest BCUT2D eigenvalue weighted by atomic mass is 15.2. The highest BCUT2D eigenvalue weighted by Crippen LogP contribution is 2.53. The molecular weight excluding hydrogens is 932 g/mol. The summed E-state index contributed by atoms with van der Waals surface area (Å²) < 4.78 is 351. The fourth-order valence-electron chi connectivity index (χ4n) is 9.86. The smallest absolute Gasteiger partial charge is 0.252 e. The number of nitrogens with zero attached hydrogens (tertiary/aromatic N) is 4. The second kappa shape index (κ2) is 17.0. The van der Waals surface area contributed by atoms with Crippen molar-refractivity contribution in [2.45, 2.75) is 78.6 Å². The number of fused-ring (bicyclic) bond motifs is 9. The van der Waals surface area contributed by atoms with E-state index in [0.717, 1.165) is 14.4 Å². The van der Waals surface area contributed by atoms with Crippen molar-refractivity contribution in [1.29, 1.82) is 0 Å². The monoisotopic (exact) mass is 1030 g/mol. The molecule has 0 unspecified atom stereocenters. The van der Waals surface area contributed by atoms with Crippen molar-refractivity contribution in [3.8, 4) is 27.9 Å². The zero-order chi connectivity index (χ0) is 84.0. The number of benzene rings is 10. The Hall–Kier alpha value is -8.54. The Balaban J connectivity index is 1.24. The fraction of sp³-hybridized carbons (Fsp3) is 0.167. The zero-order valence-corrected chi connectivity index (χ0v) is 42.9. The average Bonchev–Trinajstić information content (AvgIpc) is 1.65. The van der Waals surface area contributed by atoms with Crippen LogP contribution in [0.15, 0.2) is 218 Å². The van der Waals surface area contributed by atoms with Crippen LogP contribution in [0.1, 0.15) is 128 Å². The molecule has 1 aromatic heterocycles. The standard InChI is InChI=1S/C72H63BN4/c1-70(2,3)50-31-37-53(38-32-50)74(54-39-33-51(34-40-54)71(4,5)6)56-41-42-59-64(45-56)75(55-35-29-49(30-36-55)48-27-25-47(26-28-48)46-17-11-10-12-18-46)65-43-52(72(7,8)9)44-66-67(65)73(59)60-21-16-24-63-69(60)77(66)62-23-15-20-58-57-19-13-14-22-61(57)76(63)68(58)62/h10-45H,1-9H3/i10D,11D,12D,13D,14D,15D,16D,17D,18D,19D,20D,21D,22D,23D,24D,25D,26D,27D,28D,29D,30D,31D,32D,33D,34D,35D,36D,37D,38D,39D,40D,41D,42D,43D,44D,45D. The third kappa shape index (κ3) is 7.42. The lowest BCUT2D eigenvalue weighted by Gasteiger charge is -2.47. The molecule has 0 bridgehead atoms. The first-order chi connectivity index (χ1) is 52.2. The summed E-state index contributed by atoms with van der Waals surface area (Å²) in [5, 5.41) is -0.820. The minimum Gasteiger partial charge on any atom is -0.311 e. The van der Waals surface area contributed by atoms with E-state index in [-0.39, 0.29) is 22.2 Å². The first-order valence-corrected chi connectivity index (χ1v) is 24.5. The van der Waals surface area contributed by atoms with Crippen LogP contribution < -0.4 is 31.1 Å². The van der Waals surface area contributed by atoms with E-state index in [0.29, 0.717) is 4.90 Å². The number of anilines is 9.